The predicted octanol–water partition coefficient (Wildman–Crippen LogP) is 2.62. The van der Waals surface area contributed by atoms with E-state index in [0.717, 1.165) is 11.8 Å². The Hall–Kier alpha value is -0.300. The van der Waals surface area contributed by atoms with Gasteiger partial charge in [-0.1, -0.05) is 26.0 Å². The van der Waals surface area contributed by atoms with Crippen LogP contribution in [0.25, 0.3) is 0 Å². The largest absolute Gasteiger partial charge is 0.381 e. The maximum absolute atomic E-state index is 5.43. The van der Waals surface area contributed by atoms with Crippen LogP contribution in [-0.2, 0) is 4.74 Å². The van der Waals surface area contributed by atoms with Gasteiger partial charge in [0.05, 0.1) is 6.10 Å². The Morgan fingerprint density at radius 1 is 1.17 bits per heavy atom. The van der Waals surface area contributed by atoms with Gasteiger partial charge in [-0.25, -0.2) is 0 Å². The van der Waals surface area contributed by atoms with Crippen molar-refractivity contribution in [1.29, 1.82) is 0 Å². The van der Waals surface area contributed by atoms with Crippen molar-refractivity contribution < 1.29 is 4.74 Å². The molecule has 0 aromatic rings. The molecular weight excluding hydrogens is 148 g/mol. The summed E-state index contributed by atoms with van der Waals surface area (Å²) in [5, 5.41) is 0. The number of rotatable bonds is 1. The van der Waals surface area contributed by atoms with Crippen LogP contribution in [0.3, 0.4) is 0 Å². The molecule has 1 nitrogen and oxygen atoms in total. The topological polar surface area (TPSA) is 9.23 Å². The molecule has 0 N–H and O–H groups in total. The van der Waals surface area contributed by atoms with Gasteiger partial charge in [-0.05, 0) is 30.1 Å². The Kier molecular flexibility index (Phi) is 1.80. The number of allylic oxidation sites excluding steroid dienone is 2. The SMILES string of the molecule is COC1CC2C=CC(C1)C2(C)C. The second kappa shape index (κ2) is 2.59. The molecule has 0 saturated heterocycles. The Labute approximate surface area is 74.8 Å². The Morgan fingerprint density at radius 2 is 1.67 bits per heavy atom. The molecule has 2 unspecified atom stereocenters. The fraction of sp³-hybridized carbons (Fsp3) is 0.818. The highest BCUT2D eigenvalue weighted by atomic mass is 16.5. The fourth-order valence-electron chi connectivity index (χ4n) is 2.66. The second-order valence-electron chi connectivity index (χ2n) is 4.75. The molecule has 0 radical (unpaired) electrons. The average molecular weight is 166 g/mol. The van der Waals surface area contributed by atoms with E-state index < -0.39 is 0 Å². The molecule has 0 aromatic heterocycles. The lowest BCUT2D eigenvalue weighted by Gasteiger charge is -2.41. The van der Waals surface area contributed by atoms with Gasteiger partial charge in [-0.2, -0.15) is 0 Å². The molecule has 0 spiro atoms. The molecule has 2 aliphatic rings. The van der Waals surface area contributed by atoms with Gasteiger partial charge in [0.15, 0.2) is 0 Å². The third-order valence-corrected chi connectivity index (χ3v) is 3.85. The molecule has 0 aliphatic heterocycles. The number of methoxy groups -OCH3 is 1. The summed E-state index contributed by atoms with van der Waals surface area (Å²) in [4.78, 5) is 0. The summed E-state index contributed by atoms with van der Waals surface area (Å²) in [5.41, 5.74) is 0.495. The summed E-state index contributed by atoms with van der Waals surface area (Å²) < 4.78 is 5.43. The van der Waals surface area contributed by atoms with E-state index in [1.807, 2.05) is 7.11 Å². The lowest BCUT2D eigenvalue weighted by Crippen LogP contribution is -2.37. The van der Waals surface area contributed by atoms with Crippen LogP contribution in [0.5, 0.6) is 0 Å². The van der Waals surface area contributed by atoms with Crippen LogP contribution in [0, 0.1) is 17.3 Å². The van der Waals surface area contributed by atoms with Crippen LogP contribution in [0.2, 0.25) is 0 Å². The highest BCUT2D eigenvalue weighted by Gasteiger charge is 2.44. The summed E-state index contributed by atoms with van der Waals surface area (Å²) in [6.45, 7) is 4.77. The van der Waals surface area contributed by atoms with E-state index in [2.05, 4.69) is 26.0 Å². The molecule has 0 heterocycles. The molecule has 2 bridgehead atoms. The second-order valence-corrected chi connectivity index (χ2v) is 4.75. The molecule has 2 rings (SSSR count). The Bertz CT molecular complexity index is 187. The maximum Gasteiger partial charge on any atom is 0.0583 e. The predicted molar refractivity (Wildman–Crippen MR) is 49.9 cm³/mol. The molecule has 2 aliphatic carbocycles. The third-order valence-electron chi connectivity index (χ3n) is 3.85. The summed E-state index contributed by atoms with van der Waals surface area (Å²) in [6.07, 6.45) is 7.73. The van der Waals surface area contributed by atoms with E-state index in [1.165, 1.54) is 12.8 Å². The van der Waals surface area contributed by atoms with Crippen molar-refractivity contribution >= 4 is 0 Å². The smallest absolute Gasteiger partial charge is 0.0583 e. The molecule has 1 fully saturated rings. The van der Waals surface area contributed by atoms with Crippen LogP contribution in [0.4, 0.5) is 0 Å². The van der Waals surface area contributed by atoms with Gasteiger partial charge in [0.25, 0.3) is 0 Å². The van der Waals surface area contributed by atoms with E-state index in [-0.39, 0.29) is 0 Å². The third kappa shape index (κ3) is 1.03. The van der Waals surface area contributed by atoms with Crippen LogP contribution in [-0.4, -0.2) is 13.2 Å². The molecule has 12 heavy (non-hydrogen) atoms. The summed E-state index contributed by atoms with van der Waals surface area (Å²) in [7, 11) is 1.84. The van der Waals surface area contributed by atoms with Crippen molar-refractivity contribution in [3.63, 3.8) is 0 Å². The molecule has 0 aromatic carbocycles. The van der Waals surface area contributed by atoms with Crippen molar-refractivity contribution in [2.45, 2.75) is 32.8 Å². The van der Waals surface area contributed by atoms with Crippen molar-refractivity contribution in [2.75, 3.05) is 7.11 Å². The summed E-state index contributed by atoms with van der Waals surface area (Å²) >= 11 is 0. The van der Waals surface area contributed by atoms with Gasteiger partial charge in [0.2, 0.25) is 0 Å². The highest BCUT2D eigenvalue weighted by molar-refractivity contribution is 5.14. The number of hydrogen-bond acceptors (Lipinski definition) is 1. The average Bonchev–Trinajstić information content (AvgIpc) is 2.29. The molecule has 68 valence electrons. The van der Waals surface area contributed by atoms with Gasteiger partial charge < -0.3 is 4.74 Å². The molecule has 1 saturated carbocycles. The summed E-state index contributed by atoms with van der Waals surface area (Å²) in [5.74, 6) is 1.50. The number of ether oxygens (including phenoxy) is 1. The minimum Gasteiger partial charge on any atom is -0.381 e. The van der Waals surface area contributed by atoms with Gasteiger partial charge in [0, 0.05) is 7.11 Å². The van der Waals surface area contributed by atoms with E-state index in [1.54, 1.807) is 0 Å². The first-order chi connectivity index (χ1) is 5.64. The van der Waals surface area contributed by atoms with Crippen LogP contribution < -0.4 is 0 Å². The zero-order valence-corrected chi connectivity index (χ0v) is 8.21. The van der Waals surface area contributed by atoms with Crippen LogP contribution in [0.1, 0.15) is 26.7 Å². The van der Waals surface area contributed by atoms with E-state index in [9.17, 15) is 0 Å². The van der Waals surface area contributed by atoms with Crippen molar-refractivity contribution in [3.8, 4) is 0 Å². The molecule has 1 heteroatoms. The fourth-order valence-corrected chi connectivity index (χ4v) is 2.66. The Morgan fingerprint density at radius 3 is 2.08 bits per heavy atom. The van der Waals surface area contributed by atoms with Gasteiger partial charge >= 0.3 is 0 Å². The van der Waals surface area contributed by atoms with Crippen molar-refractivity contribution in [1.82, 2.24) is 0 Å². The standard InChI is InChI=1S/C11H18O/c1-11(2)8-4-5-9(11)7-10(6-8)12-3/h4-5,8-10H,6-7H2,1-3H3. The molecular formula is C11H18O. The van der Waals surface area contributed by atoms with Gasteiger partial charge in [0.1, 0.15) is 0 Å². The minimum atomic E-state index is 0.495. The number of hydrogen-bond donors (Lipinski definition) is 0. The first-order valence-corrected chi connectivity index (χ1v) is 4.85. The lowest BCUT2D eigenvalue weighted by molar-refractivity contribution is -0.000732. The first kappa shape index (κ1) is 8.31. The van der Waals surface area contributed by atoms with Crippen molar-refractivity contribution in [3.05, 3.63) is 12.2 Å². The first-order valence-electron chi connectivity index (χ1n) is 4.85. The van der Waals surface area contributed by atoms with Gasteiger partial charge in [-0.15, -0.1) is 0 Å². The maximum atomic E-state index is 5.43. The normalized spacial score (nSPS) is 43.4. The van der Waals surface area contributed by atoms with E-state index in [0.29, 0.717) is 11.5 Å². The molecule has 0 amide bonds. The van der Waals surface area contributed by atoms with Gasteiger partial charge in [-0.3, -0.25) is 0 Å². The van der Waals surface area contributed by atoms with E-state index in [4.69, 9.17) is 4.74 Å². The van der Waals surface area contributed by atoms with E-state index >= 15 is 0 Å². The quantitative estimate of drug-likeness (QED) is 0.544. The monoisotopic (exact) mass is 166 g/mol. The highest BCUT2D eigenvalue weighted by Crippen LogP contribution is 2.51. The Balaban J connectivity index is 2.15. The zero-order chi connectivity index (χ0) is 8.77. The van der Waals surface area contributed by atoms with Crippen LogP contribution in [0.15, 0.2) is 12.2 Å². The number of fused-ring (bicyclic) bond motifs is 2. The molecule has 2 atom stereocenters. The minimum absolute atomic E-state index is 0.495. The summed E-state index contributed by atoms with van der Waals surface area (Å²) in [6, 6.07) is 0. The zero-order valence-electron chi connectivity index (χ0n) is 8.21. The lowest BCUT2D eigenvalue weighted by atomic mass is 9.66. The van der Waals surface area contributed by atoms with Crippen molar-refractivity contribution in [2.24, 2.45) is 17.3 Å². The van der Waals surface area contributed by atoms with Crippen LogP contribution >= 0.6 is 0 Å².